The largest absolute Gasteiger partial charge is 0.573 e. The molecule has 0 saturated carbocycles. The summed E-state index contributed by atoms with van der Waals surface area (Å²) in [5, 5.41) is 0. The summed E-state index contributed by atoms with van der Waals surface area (Å²) in [6, 6.07) is 4.55. The van der Waals surface area contributed by atoms with E-state index in [1.165, 1.54) is 17.0 Å². The number of aromatic nitrogens is 1. The van der Waals surface area contributed by atoms with E-state index in [1.807, 2.05) is 9.62 Å². The Balaban J connectivity index is 1.67. The minimum absolute atomic E-state index is 0.0590. The summed E-state index contributed by atoms with van der Waals surface area (Å²) in [5.74, 6) is -1.74. The zero-order valence-electron chi connectivity index (χ0n) is 15.9. The topological polar surface area (TPSA) is 95.0 Å². The lowest BCUT2D eigenvalue weighted by Crippen LogP contribution is -2.48. The third-order valence-corrected chi connectivity index (χ3v) is 4.87. The molecule has 1 aromatic heterocycles. The van der Waals surface area contributed by atoms with Crippen molar-refractivity contribution in [1.82, 2.24) is 14.8 Å². The number of pyridine rings is 1. The van der Waals surface area contributed by atoms with Crippen LogP contribution < -0.4 is 9.46 Å². The highest BCUT2D eigenvalue weighted by Crippen LogP contribution is 2.32. The first-order valence-corrected chi connectivity index (χ1v) is 10.1. The molecule has 1 unspecified atom stereocenters. The van der Waals surface area contributed by atoms with Crippen molar-refractivity contribution in [3.8, 4) is 5.75 Å². The molecule has 1 saturated heterocycles. The molecule has 0 radical (unpaired) electrons. The van der Waals surface area contributed by atoms with Crippen LogP contribution in [0.1, 0.15) is 15.9 Å². The number of halogens is 4. The Morgan fingerprint density at radius 3 is 2.52 bits per heavy atom. The van der Waals surface area contributed by atoms with Crippen LogP contribution in [0.5, 0.6) is 5.75 Å². The van der Waals surface area contributed by atoms with Crippen LogP contribution in [0.2, 0.25) is 0 Å². The molecule has 13 heteroatoms. The van der Waals surface area contributed by atoms with Crippen molar-refractivity contribution in [3.63, 3.8) is 0 Å². The van der Waals surface area contributed by atoms with E-state index in [2.05, 4.69) is 9.72 Å². The van der Waals surface area contributed by atoms with Gasteiger partial charge in [0.15, 0.2) is 5.75 Å². The Bertz CT molecular complexity index is 968. The molecule has 2 N–H and O–H groups in total. The summed E-state index contributed by atoms with van der Waals surface area (Å²) >= 11 is -2.63. The van der Waals surface area contributed by atoms with Crippen LogP contribution in [-0.4, -0.2) is 62.0 Å². The van der Waals surface area contributed by atoms with Gasteiger partial charge in [0.2, 0.25) is 0 Å². The number of carbonyl (C=O) groups excluding carboxylic acids is 1. The molecule has 0 bridgehead atoms. The molecule has 1 atom stereocenters. The monoisotopic (exact) mass is 462 g/mol. The zero-order valence-corrected chi connectivity index (χ0v) is 16.7. The van der Waals surface area contributed by atoms with E-state index < -0.39 is 35.1 Å². The van der Waals surface area contributed by atoms with Gasteiger partial charge in [-0.3, -0.25) is 24.0 Å². The number of hydrogen-bond donors (Lipinski definition) is 2. The van der Waals surface area contributed by atoms with E-state index in [-0.39, 0.29) is 11.3 Å². The van der Waals surface area contributed by atoms with Crippen LogP contribution in [-0.2, 0) is 17.8 Å². The number of benzene rings is 1. The maximum atomic E-state index is 13.3. The Morgan fingerprint density at radius 1 is 1.19 bits per heavy atom. The molecule has 1 aliphatic rings. The Hall–Kier alpha value is -2.77. The van der Waals surface area contributed by atoms with Crippen molar-refractivity contribution in [1.29, 1.82) is 0 Å². The maximum Gasteiger partial charge on any atom is 0.573 e. The van der Waals surface area contributed by atoms with Crippen LogP contribution >= 0.6 is 0 Å². The van der Waals surface area contributed by atoms with Gasteiger partial charge in [-0.1, -0.05) is 0 Å². The number of carbonyl (C=O) groups is 1. The average molecular weight is 462 g/mol. The van der Waals surface area contributed by atoms with E-state index in [0.29, 0.717) is 38.3 Å². The average Bonchev–Trinajstić information content (AvgIpc) is 2.68. The van der Waals surface area contributed by atoms with Gasteiger partial charge in [0, 0.05) is 44.5 Å². The van der Waals surface area contributed by atoms with Crippen LogP contribution in [0.15, 0.2) is 36.7 Å². The van der Waals surface area contributed by atoms with Gasteiger partial charge < -0.3 is 9.64 Å². The Morgan fingerprint density at radius 2 is 1.90 bits per heavy atom. The second kappa shape index (κ2) is 9.58. The molecule has 3 rings (SSSR count). The van der Waals surface area contributed by atoms with Gasteiger partial charge in [-0.15, -0.1) is 13.2 Å². The van der Waals surface area contributed by atoms with Gasteiger partial charge in [0.25, 0.3) is 17.2 Å². The molecular formula is C18H18F4N4O4S. The molecule has 1 aromatic carbocycles. The van der Waals surface area contributed by atoms with E-state index in [9.17, 15) is 26.6 Å². The molecule has 1 amide bonds. The van der Waals surface area contributed by atoms with Crippen molar-refractivity contribution in [2.75, 3.05) is 30.9 Å². The number of amides is 1. The van der Waals surface area contributed by atoms with Gasteiger partial charge in [-0.25, -0.2) is 8.60 Å². The molecular weight excluding hydrogens is 444 g/mol. The number of nitrogens with zero attached hydrogens (tertiary/aromatic N) is 3. The van der Waals surface area contributed by atoms with Crippen molar-refractivity contribution >= 4 is 22.9 Å². The summed E-state index contributed by atoms with van der Waals surface area (Å²) < 4.78 is 76.9. The number of alkyl halides is 3. The summed E-state index contributed by atoms with van der Waals surface area (Å²) in [5.41, 5.74) is 0.248. The summed E-state index contributed by atoms with van der Waals surface area (Å²) in [4.78, 5) is 20.0. The van der Waals surface area contributed by atoms with Crippen molar-refractivity contribution < 1.29 is 35.9 Å². The van der Waals surface area contributed by atoms with Crippen molar-refractivity contribution in [2.24, 2.45) is 0 Å². The first-order chi connectivity index (χ1) is 14.6. The molecule has 168 valence electrons. The Kier molecular flexibility index (Phi) is 7.08. The third-order valence-electron chi connectivity index (χ3n) is 4.48. The molecule has 8 nitrogen and oxygen atoms in total. The quantitative estimate of drug-likeness (QED) is 0.506. The smallest absolute Gasteiger partial charge is 0.404 e. The van der Waals surface area contributed by atoms with Gasteiger partial charge in [-0.2, -0.15) is 0 Å². The molecule has 1 fully saturated rings. The van der Waals surface area contributed by atoms with Crippen molar-refractivity contribution in [3.05, 3.63) is 53.6 Å². The summed E-state index contributed by atoms with van der Waals surface area (Å²) in [6.45, 7) is 2.05. The summed E-state index contributed by atoms with van der Waals surface area (Å²) in [7, 11) is 0. The number of rotatable bonds is 6. The minimum Gasteiger partial charge on any atom is -0.404 e. The highest BCUT2D eigenvalue weighted by atomic mass is 32.2. The maximum absolute atomic E-state index is 13.3. The van der Waals surface area contributed by atoms with Gasteiger partial charge in [-0.05, 0) is 29.8 Å². The van der Waals surface area contributed by atoms with Gasteiger partial charge in [0.05, 0.1) is 11.9 Å². The fourth-order valence-corrected chi connectivity index (χ4v) is 3.49. The second-order valence-corrected chi connectivity index (χ2v) is 7.39. The predicted octanol–water partition coefficient (Wildman–Crippen LogP) is 2.63. The zero-order chi connectivity index (χ0) is 22.6. The molecule has 2 aromatic rings. The fraction of sp³-hybridized carbons (Fsp3) is 0.333. The molecule has 0 aliphatic carbocycles. The number of anilines is 1. The lowest BCUT2D eigenvalue weighted by Gasteiger charge is -2.34. The van der Waals surface area contributed by atoms with Gasteiger partial charge in [0.1, 0.15) is 5.82 Å². The van der Waals surface area contributed by atoms with Crippen LogP contribution in [0, 0.1) is 5.82 Å². The lowest BCUT2D eigenvalue weighted by molar-refractivity contribution is -0.274. The van der Waals surface area contributed by atoms with E-state index in [0.717, 1.165) is 18.3 Å². The predicted molar refractivity (Wildman–Crippen MR) is 103 cm³/mol. The van der Waals surface area contributed by atoms with Gasteiger partial charge >= 0.3 is 6.36 Å². The number of ether oxygens (including phenoxy) is 1. The normalized spacial score (nSPS) is 16.1. The van der Waals surface area contributed by atoms with Crippen LogP contribution in [0.4, 0.5) is 23.2 Å². The standard InChI is InChI=1S/C18H18F4N4O4S/c19-14-7-12(9-23-10-14)11-25-3-5-26(6-4-25)17(27)13-1-2-15(24-31(28)29)16(8-13)30-18(20,21)22/h1-2,7-10,24H,3-6,11H2,(H,28,29). The summed E-state index contributed by atoms with van der Waals surface area (Å²) in [6.07, 6.45) is -2.39. The molecule has 31 heavy (non-hydrogen) atoms. The van der Waals surface area contributed by atoms with Crippen LogP contribution in [0.3, 0.4) is 0 Å². The molecule has 1 aliphatic heterocycles. The molecule has 0 spiro atoms. The Labute approximate surface area is 177 Å². The number of hydrogen-bond acceptors (Lipinski definition) is 5. The molecule has 2 heterocycles. The first-order valence-electron chi connectivity index (χ1n) is 8.99. The SMILES string of the molecule is O=C(c1ccc(NS(=O)O)c(OC(F)(F)F)c1)N1CCN(Cc2cncc(F)c2)CC1. The number of nitrogens with one attached hydrogen (secondary N) is 1. The highest BCUT2D eigenvalue weighted by Gasteiger charge is 2.33. The third kappa shape index (κ3) is 6.60. The van der Waals surface area contributed by atoms with Crippen molar-refractivity contribution in [2.45, 2.75) is 12.9 Å². The first kappa shape index (κ1) is 22.9. The number of piperazine rings is 1. The lowest BCUT2D eigenvalue weighted by atomic mass is 10.1. The van der Waals surface area contributed by atoms with E-state index in [1.54, 1.807) is 6.20 Å². The minimum atomic E-state index is -5.05. The van der Waals surface area contributed by atoms with E-state index in [4.69, 9.17) is 4.55 Å². The van der Waals surface area contributed by atoms with Crippen LogP contribution in [0.25, 0.3) is 0 Å². The second-order valence-electron chi connectivity index (χ2n) is 6.69. The highest BCUT2D eigenvalue weighted by molar-refractivity contribution is 7.80. The fourth-order valence-electron chi connectivity index (χ4n) is 3.14. The van der Waals surface area contributed by atoms with E-state index >= 15 is 0 Å².